The number of nitrogens with two attached hydrogens (primary N) is 1. The summed E-state index contributed by atoms with van der Waals surface area (Å²) >= 11 is 0. The second-order valence-corrected chi connectivity index (χ2v) is 6.86. The van der Waals surface area contributed by atoms with Gasteiger partial charge in [-0.05, 0) is 37.7 Å². The molecule has 2 fully saturated rings. The largest absolute Gasteiger partial charge is 0.376 e. The second kappa shape index (κ2) is 7.93. The minimum atomic E-state index is 0.0480. The molecule has 1 amide bonds. The van der Waals surface area contributed by atoms with Crippen LogP contribution >= 0.6 is 0 Å². The van der Waals surface area contributed by atoms with Crippen LogP contribution in [0.2, 0.25) is 0 Å². The van der Waals surface area contributed by atoms with Crippen molar-refractivity contribution in [2.24, 2.45) is 11.7 Å². The fourth-order valence-electron chi connectivity index (χ4n) is 3.77. The molecule has 1 aliphatic heterocycles. The van der Waals surface area contributed by atoms with E-state index < -0.39 is 0 Å². The third-order valence-electron chi connectivity index (χ3n) is 5.15. The van der Waals surface area contributed by atoms with Gasteiger partial charge in [-0.15, -0.1) is 0 Å². The normalized spacial score (nSPS) is 27.5. The molecule has 3 atom stereocenters. The summed E-state index contributed by atoms with van der Waals surface area (Å²) in [5, 5.41) is 0. The van der Waals surface area contributed by atoms with Crippen LogP contribution in [0.25, 0.3) is 0 Å². The number of aryl methyl sites for hydroxylation is 1. The maximum absolute atomic E-state index is 12.5. The van der Waals surface area contributed by atoms with Crippen molar-refractivity contribution in [3.05, 3.63) is 35.9 Å². The van der Waals surface area contributed by atoms with E-state index in [0.29, 0.717) is 0 Å². The van der Waals surface area contributed by atoms with Crippen LogP contribution in [-0.2, 0) is 16.0 Å². The Bertz CT molecular complexity index is 505. The highest BCUT2D eigenvalue weighted by Gasteiger charge is 2.36. The number of amides is 1. The molecule has 1 saturated carbocycles. The monoisotopic (exact) mass is 316 g/mol. The van der Waals surface area contributed by atoms with Gasteiger partial charge in [-0.25, -0.2) is 0 Å². The number of hydrogen-bond donors (Lipinski definition) is 1. The maximum atomic E-state index is 12.5. The lowest BCUT2D eigenvalue weighted by Crippen LogP contribution is -2.41. The van der Waals surface area contributed by atoms with Gasteiger partial charge in [0, 0.05) is 25.7 Å². The highest BCUT2D eigenvalue weighted by molar-refractivity contribution is 5.80. The summed E-state index contributed by atoms with van der Waals surface area (Å²) in [5.74, 6) is 0.303. The SMILES string of the molecule is N[C@@H]1CCC[C@@H]1C(=O)N1CC[C@@H](OCCCc2ccccc2)C1. The molecule has 23 heavy (non-hydrogen) atoms. The van der Waals surface area contributed by atoms with E-state index in [-0.39, 0.29) is 24.0 Å². The third kappa shape index (κ3) is 4.33. The van der Waals surface area contributed by atoms with Crippen molar-refractivity contribution >= 4 is 5.91 Å². The Hall–Kier alpha value is -1.39. The van der Waals surface area contributed by atoms with Crippen molar-refractivity contribution in [1.82, 2.24) is 4.90 Å². The Balaban J connectivity index is 1.36. The van der Waals surface area contributed by atoms with Crippen molar-refractivity contribution in [1.29, 1.82) is 0 Å². The number of likely N-dealkylation sites (tertiary alicyclic amines) is 1. The van der Waals surface area contributed by atoms with Crippen molar-refractivity contribution in [2.45, 2.75) is 50.7 Å². The molecule has 3 rings (SSSR count). The molecular weight excluding hydrogens is 288 g/mol. The molecule has 1 aromatic rings. The zero-order valence-electron chi connectivity index (χ0n) is 13.8. The van der Waals surface area contributed by atoms with Crippen LogP contribution < -0.4 is 5.73 Å². The van der Waals surface area contributed by atoms with E-state index in [1.165, 1.54) is 5.56 Å². The first-order valence-electron chi connectivity index (χ1n) is 8.94. The zero-order valence-corrected chi connectivity index (χ0v) is 13.8. The average Bonchev–Trinajstić information content (AvgIpc) is 3.21. The number of benzene rings is 1. The molecule has 1 saturated heterocycles. The van der Waals surface area contributed by atoms with E-state index in [4.69, 9.17) is 10.5 Å². The van der Waals surface area contributed by atoms with Gasteiger partial charge in [0.2, 0.25) is 5.91 Å². The Labute approximate surface area is 139 Å². The van der Waals surface area contributed by atoms with E-state index in [0.717, 1.165) is 58.2 Å². The number of rotatable bonds is 6. The number of nitrogens with zero attached hydrogens (tertiary/aromatic N) is 1. The quantitative estimate of drug-likeness (QED) is 0.820. The van der Waals surface area contributed by atoms with E-state index in [9.17, 15) is 4.79 Å². The third-order valence-corrected chi connectivity index (χ3v) is 5.15. The predicted octanol–water partition coefficient (Wildman–Crippen LogP) is 2.36. The molecule has 0 radical (unpaired) electrons. The van der Waals surface area contributed by atoms with Crippen LogP contribution in [0.5, 0.6) is 0 Å². The number of ether oxygens (including phenoxy) is 1. The van der Waals surface area contributed by atoms with E-state index >= 15 is 0 Å². The van der Waals surface area contributed by atoms with Gasteiger partial charge in [0.15, 0.2) is 0 Å². The lowest BCUT2D eigenvalue weighted by molar-refractivity contribution is -0.135. The molecule has 1 aliphatic carbocycles. The van der Waals surface area contributed by atoms with Crippen LogP contribution in [0.4, 0.5) is 0 Å². The van der Waals surface area contributed by atoms with Gasteiger partial charge in [0.25, 0.3) is 0 Å². The molecule has 2 aliphatic rings. The van der Waals surface area contributed by atoms with E-state index in [1.54, 1.807) is 0 Å². The van der Waals surface area contributed by atoms with Gasteiger partial charge < -0.3 is 15.4 Å². The summed E-state index contributed by atoms with van der Waals surface area (Å²) in [7, 11) is 0. The standard InChI is InChI=1S/C19H28N2O2/c20-18-10-4-9-17(18)19(22)21-12-11-16(14-21)23-13-5-8-15-6-2-1-3-7-15/h1-3,6-7,16-18H,4-5,8-14,20H2/t16-,17+,18-/m1/s1. The molecule has 4 nitrogen and oxygen atoms in total. The first kappa shape index (κ1) is 16.5. The van der Waals surface area contributed by atoms with Gasteiger partial charge in [-0.3, -0.25) is 4.79 Å². The first-order valence-corrected chi connectivity index (χ1v) is 8.94. The summed E-state index contributed by atoms with van der Waals surface area (Å²) in [5.41, 5.74) is 7.41. The Morgan fingerprint density at radius 3 is 2.78 bits per heavy atom. The van der Waals surface area contributed by atoms with E-state index in [1.807, 2.05) is 11.0 Å². The fourth-order valence-corrected chi connectivity index (χ4v) is 3.77. The molecule has 2 N–H and O–H groups in total. The second-order valence-electron chi connectivity index (χ2n) is 6.86. The highest BCUT2D eigenvalue weighted by Crippen LogP contribution is 2.27. The Kier molecular flexibility index (Phi) is 5.68. The minimum Gasteiger partial charge on any atom is -0.376 e. The summed E-state index contributed by atoms with van der Waals surface area (Å²) in [4.78, 5) is 14.5. The average molecular weight is 316 g/mol. The van der Waals surface area contributed by atoms with Crippen molar-refractivity contribution in [3.63, 3.8) is 0 Å². The molecular formula is C19H28N2O2. The zero-order chi connectivity index (χ0) is 16.1. The van der Waals surface area contributed by atoms with Crippen molar-refractivity contribution in [2.75, 3.05) is 19.7 Å². The predicted molar refractivity (Wildman–Crippen MR) is 91.0 cm³/mol. The summed E-state index contributed by atoms with van der Waals surface area (Å²) in [6.45, 7) is 2.34. The molecule has 0 aromatic heterocycles. The number of hydrogen-bond acceptors (Lipinski definition) is 3. The van der Waals surface area contributed by atoms with Crippen LogP contribution in [0.3, 0.4) is 0 Å². The van der Waals surface area contributed by atoms with Crippen LogP contribution in [0.15, 0.2) is 30.3 Å². The number of carbonyl (C=O) groups excluding carboxylic acids is 1. The molecule has 0 unspecified atom stereocenters. The molecule has 0 spiro atoms. The lowest BCUT2D eigenvalue weighted by atomic mass is 10.0. The van der Waals surface area contributed by atoms with E-state index in [2.05, 4.69) is 24.3 Å². The van der Waals surface area contributed by atoms with Crippen molar-refractivity contribution < 1.29 is 9.53 Å². The van der Waals surface area contributed by atoms with Gasteiger partial charge in [-0.1, -0.05) is 36.8 Å². The molecule has 0 bridgehead atoms. The first-order chi connectivity index (χ1) is 11.2. The van der Waals surface area contributed by atoms with Gasteiger partial charge in [0.1, 0.15) is 0 Å². The minimum absolute atomic E-state index is 0.0480. The highest BCUT2D eigenvalue weighted by atomic mass is 16.5. The van der Waals surface area contributed by atoms with Crippen molar-refractivity contribution in [3.8, 4) is 0 Å². The topological polar surface area (TPSA) is 55.6 Å². The smallest absolute Gasteiger partial charge is 0.227 e. The lowest BCUT2D eigenvalue weighted by Gasteiger charge is -2.23. The molecule has 4 heteroatoms. The summed E-state index contributed by atoms with van der Waals surface area (Å²) < 4.78 is 5.97. The Morgan fingerprint density at radius 1 is 1.22 bits per heavy atom. The Morgan fingerprint density at radius 2 is 2.04 bits per heavy atom. The van der Waals surface area contributed by atoms with Crippen LogP contribution in [-0.4, -0.2) is 42.6 Å². The van der Waals surface area contributed by atoms with Crippen LogP contribution in [0.1, 0.15) is 37.7 Å². The van der Waals surface area contributed by atoms with Gasteiger partial charge in [-0.2, -0.15) is 0 Å². The van der Waals surface area contributed by atoms with Crippen LogP contribution in [0, 0.1) is 5.92 Å². The molecule has 126 valence electrons. The molecule has 1 heterocycles. The summed E-state index contributed by atoms with van der Waals surface area (Å²) in [6.07, 6.45) is 6.27. The maximum Gasteiger partial charge on any atom is 0.227 e. The summed E-state index contributed by atoms with van der Waals surface area (Å²) in [6, 6.07) is 10.6. The molecule has 1 aromatic carbocycles. The van der Waals surface area contributed by atoms with Gasteiger partial charge in [0.05, 0.1) is 12.0 Å². The van der Waals surface area contributed by atoms with Gasteiger partial charge >= 0.3 is 0 Å². The fraction of sp³-hybridized carbons (Fsp3) is 0.632. The number of carbonyl (C=O) groups is 1.